The number of ether oxygens (including phenoxy) is 1. The zero-order valence-electron chi connectivity index (χ0n) is 10.3. The van der Waals surface area contributed by atoms with E-state index in [1.807, 2.05) is 18.7 Å². The quantitative estimate of drug-likeness (QED) is 0.488. The van der Waals surface area contributed by atoms with E-state index in [0.29, 0.717) is 12.2 Å². The standard InChI is InChI=1S/C12H15NO3S2/c1-7(2)16-12(15)9-3-4-13-8(5-10(14)17)6-18-11(9)13/h5,7H,3-4,6H2,1-2H3,(H,14,17)/b8-5+. The Kier molecular flexibility index (Phi) is 4.07. The molecule has 1 saturated heterocycles. The van der Waals surface area contributed by atoms with Crippen molar-refractivity contribution < 1.29 is 14.3 Å². The zero-order chi connectivity index (χ0) is 13.3. The minimum absolute atomic E-state index is 0.111. The topological polar surface area (TPSA) is 46.6 Å². The molecule has 0 spiro atoms. The summed E-state index contributed by atoms with van der Waals surface area (Å²) in [7, 11) is 0. The SMILES string of the molecule is CC(C)OC(=O)C1=C2SC/C(=C\C(=O)S)N2CC1. The van der Waals surface area contributed by atoms with E-state index in [2.05, 4.69) is 12.6 Å². The first kappa shape index (κ1) is 13.5. The first-order chi connectivity index (χ1) is 8.49. The highest BCUT2D eigenvalue weighted by atomic mass is 32.2. The molecule has 0 aromatic rings. The third kappa shape index (κ3) is 2.75. The molecule has 0 aromatic carbocycles. The van der Waals surface area contributed by atoms with E-state index >= 15 is 0 Å². The lowest BCUT2D eigenvalue weighted by molar-refractivity contribution is -0.142. The summed E-state index contributed by atoms with van der Waals surface area (Å²) in [5.41, 5.74) is 1.64. The molecule has 6 heteroatoms. The van der Waals surface area contributed by atoms with Gasteiger partial charge in [-0.3, -0.25) is 4.79 Å². The highest BCUT2D eigenvalue weighted by Gasteiger charge is 2.35. The van der Waals surface area contributed by atoms with Crippen LogP contribution in [-0.2, 0) is 14.3 Å². The molecule has 0 bridgehead atoms. The fourth-order valence-electron chi connectivity index (χ4n) is 1.99. The molecule has 0 radical (unpaired) electrons. The number of hydrogen-bond donors (Lipinski definition) is 1. The van der Waals surface area contributed by atoms with Crippen LogP contribution in [0.5, 0.6) is 0 Å². The minimum Gasteiger partial charge on any atom is -0.460 e. The van der Waals surface area contributed by atoms with E-state index in [0.717, 1.165) is 22.8 Å². The van der Waals surface area contributed by atoms with Gasteiger partial charge in [-0.1, -0.05) is 0 Å². The van der Waals surface area contributed by atoms with Crippen LogP contribution >= 0.6 is 24.4 Å². The monoisotopic (exact) mass is 285 g/mol. The second-order valence-electron chi connectivity index (χ2n) is 4.40. The summed E-state index contributed by atoms with van der Waals surface area (Å²) >= 11 is 5.33. The van der Waals surface area contributed by atoms with Gasteiger partial charge in [0.05, 0.1) is 16.7 Å². The van der Waals surface area contributed by atoms with Gasteiger partial charge in [0.15, 0.2) is 0 Å². The zero-order valence-corrected chi connectivity index (χ0v) is 12.0. The van der Waals surface area contributed by atoms with E-state index in [9.17, 15) is 9.59 Å². The Labute approximate surface area is 116 Å². The maximum Gasteiger partial charge on any atom is 0.336 e. The van der Waals surface area contributed by atoms with Gasteiger partial charge in [-0.15, -0.1) is 24.4 Å². The Morgan fingerprint density at radius 3 is 2.83 bits per heavy atom. The number of carbonyl (C=O) groups is 2. The normalized spacial score (nSPS) is 20.9. The molecule has 4 nitrogen and oxygen atoms in total. The molecule has 2 aliphatic heterocycles. The van der Waals surface area contributed by atoms with Gasteiger partial charge in [0.25, 0.3) is 0 Å². The molecule has 0 aliphatic carbocycles. The van der Waals surface area contributed by atoms with Crippen molar-refractivity contribution in [3.8, 4) is 0 Å². The van der Waals surface area contributed by atoms with Crippen LogP contribution in [0.25, 0.3) is 0 Å². The Hall–Kier alpha value is -0.880. The number of nitrogens with zero attached hydrogens (tertiary/aromatic N) is 1. The maximum atomic E-state index is 11.9. The fraction of sp³-hybridized carbons (Fsp3) is 0.500. The van der Waals surface area contributed by atoms with Gasteiger partial charge in [-0.25, -0.2) is 4.79 Å². The summed E-state index contributed by atoms with van der Waals surface area (Å²) < 4.78 is 5.22. The third-order valence-electron chi connectivity index (χ3n) is 2.67. The van der Waals surface area contributed by atoms with Crippen molar-refractivity contribution in [3.63, 3.8) is 0 Å². The van der Waals surface area contributed by atoms with Crippen LogP contribution in [0.3, 0.4) is 0 Å². The molecular weight excluding hydrogens is 270 g/mol. The molecule has 18 heavy (non-hydrogen) atoms. The molecule has 0 aromatic heterocycles. The van der Waals surface area contributed by atoms with Crippen molar-refractivity contribution >= 4 is 35.5 Å². The number of fused-ring (bicyclic) bond motifs is 1. The number of hydrogen-bond acceptors (Lipinski definition) is 5. The van der Waals surface area contributed by atoms with E-state index in [1.54, 1.807) is 11.8 Å². The van der Waals surface area contributed by atoms with Crippen LogP contribution < -0.4 is 0 Å². The van der Waals surface area contributed by atoms with E-state index < -0.39 is 0 Å². The van der Waals surface area contributed by atoms with Crippen molar-refractivity contribution in [3.05, 3.63) is 22.4 Å². The van der Waals surface area contributed by atoms with Crippen LogP contribution in [0.15, 0.2) is 22.4 Å². The first-order valence-corrected chi connectivity index (χ1v) is 7.20. The predicted molar refractivity (Wildman–Crippen MR) is 74.1 cm³/mol. The lowest BCUT2D eigenvalue weighted by Crippen LogP contribution is -2.14. The van der Waals surface area contributed by atoms with Gasteiger partial charge in [0, 0.05) is 30.5 Å². The summed E-state index contributed by atoms with van der Waals surface area (Å²) in [6, 6.07) is 0. The number of rotatable bonds is 3. The minimum atomic E-state index is -0.259. The van der Waals surface area contributed by atoms with Crippen LogP contribution in [0, 0.1) is 0 Å². The Bertz CT molecular complexity index is 454. The predicted octanol–water partition coefficient (Wildman–Crippen LogP) is 1.94. The number of esters is 1. The number of thiol groups is 1. The molecule has 0 unspecified atom stereocenters. The average Bonchev–Trinajstić information content (AvgIpc) is 2.79. The summed E-state index contributed by atoms with van der Waals surface area (Å²) in [4.78, 5) is 24.9. The van der Waals surface area contributed by atoms with Crippen molar-refractivity contribution in [2.75, 3.05) is 12.3 Å². The summed E-state index contributed by atoms with van der Waals surface area (Å²) in [5.74, 6) is 0.466. The molecule has 2 aliphatic rings. The van der Waals surface area contributed by atoms with Crippen molar-refractivity contribution in [2.24, 2.45) is 0 Å². The molecule has 2 rings (SSSR count). The molecule has 98 valence electrons. The number of thioether (sulfide) groups is 1. The molecule has 1 fully saturated rings. The summed E-state index contributed by atoms with van der Waals surface area (Å²) in [6.45, 7) is 4.41. The van der Waals surface area contributed by atoms with Gasteiger partial charge in [0.1, 0.15) is 0 Å². The average molecular weight is 285 g/mol. The van der Waals surface area contributed by atoms with Crippen LogP contribution in [0.2, 0.25) is 0 Å². The smallest absolute Gasteiger partial charge is 0.336 e. The number of carbonyl (C=O) groups excluding carboxylic acids is 2. The largest absolute Gasteiger partial charge is 0.460 e. The maximum absolute atomic E-state index is 11.9. The van der Waals surface area contributed by atoms with Gasteiger partial charge < -0.3 is 9.64 Å². The van der Waals surface area contributed by atoms with Crippen LogP contribution in [0.4, 0.5) is 0 Å². The molecular formula is C12H15NO3S2. The van der Waals surface area contributed by atoms with Gasteiger partial charge in [-0.2, -0.15) is 0 Å². The first-order valence-electron chi connectivity index (χ1n) is 5.77. The lowest BCUT2D eigenvalue weighted by atomic mass is 10.2. The molecule has 0 amide bonds. The molecule has 0 saturated carbocycles. The van der Waals surface area contributed by atoms with Crippen LogP contribution in [0.1, 0.15) is 20.3 Å². The van der Waals surface area contributed by atoms with Crippen molar-refractivity contribution in [1.29, 1.82) is 0 Å². The Balaban J connectivity index is 2.19. The Morgan fingerprint density at radius 1 is 1.50 bits per heavy atom. The van der Waals surface area contributed by atoms with Gasteiger partial charge >= 0.3 is 5.97 Å². The van der Waals surface area contributed by atoms with Crippen molar-refractivity contribution in [1.82, 2.24) is 4.90 Å². The summed E-state index contributed by atoms with van der Waals surface area (Å²) in [5, 5.41) is 0.673. The Morgan fingerprint density at radius 2 is 2.22 bits per heavy atom. The highest BCUT2D eigenvalue weighted by molar-refractivity contribution is 8.03. The molecule has 2 heterocycles. The van der Waals surface area contributed by atoms with Crippen LogP contribution in [-0.4, -0.2) is 34.4 Å². The second-order valence-corrected chi connectivity index (χ2v) is 5.81. The van der Waals surface area contributed by atoms with Gasteiger partial charge in [-0.05, 0) is 13.8 Å². The highest BCUT2D eigenvalue weighted by Crippen LogP contribution is 2.42. The second kappa shape index (κ2) is 5.40. The van der Waals surface area contributed by atoms with E-state index in [4.69, 9.17) is 4.74 Å². The lowest BCUT2D eigenvalue weighted by Gasteiger charge is -2.13. The van der Waals surface area contributed by atoms with Crippen molar-refractivity contribution in [2.45, 2.75) is 26.4 Å². The van der Waals surface area contributed by atoms with Gasteiger partial charge in [0.2, 0.25) is 5.12 Å². The van der Waals surface area contributed by atoms with E-state index in [-0.39, 0.29) is 17.2 Å². The van der Waals surface area contributed by atoms with E-state index in [1.165, 1.54) is 6.08 Å². The molecule has 0 N–H and O–H groups in total. The molecule has 0 atom stereocenters. The summed E-state index contributed by atoms with van der Waals surface area (Å²) in [6.07, 6.45) is 2.08. The fourth-order valence-corrected chi connectivity index (χ4v) is 3.39. The third-order valence-corrected chi connectivity index (χ3v) is 3.98.